The van der Waals surface area contributed by atoms with Crippen LogP contribution in [0.3, 0.4) is 0 Å². The predicted octanol–water partition coefficient (Wildman–Crippen LogP) is 1.67. The predicted molar refractivity (Wildman–Crippen MR) is 67.9 cm³/mol. The number of benzene rings is 1. The first kappa shape index (κ1) is 12.2. The van der Waals surface area contributed by atoms with Crippen molar-refractivity contribution in [1.29, 1.82) is 0 Å². The molecule has 5 heteroatoms. The first-order valence-electron chi connectivity index (χ1n) is 5.58. The van der Waals surface area contributed by atoms with Crippen LogP contribution < -0.4 is 5.73 Å². The molecule has 0 fully saturated rings. The highest BCUT2D eigenvalue weighted by atomic mass is 16.5. The van der Waals surface area contributed by atoms with Crippen molar-refractivity contribution < 1.29 is 9.53 Å². The molecular formula is C13H15N3O2. The van der Waals surface area contributed by atoms with Crippen LogP contribution in [0.4, 0.5) is 5.69 Å². The van der Waals surface area contributed by atoms with Gasteiger partial charge in [0.05, 0.1) is 11.3 Å². The van der Waals surface area contributed by atoms with E-state index in [-0.39, 0.29) is 6.61 Å². The van der Waals surface area contributed by atoms with Gasteiger partial charge in [0.2, 0.25) is 0 Å². The van der Waals surface area contributed by atoms with Crippen molar-refractivity contribution in [2.24, 2.45) is 7.05 Å². The highest BCUT2D eigenvalue weighted by Gasteiger charge is 2.09. The fraction of sp³-hybridized carbons (Fsp3) is 0.231. The van der Waals surface area contributed by atoms with Crippen LogP contribution in [0.1, 0.15) is 21.6 Å². The lowest BCUT2D eigenvalue weighted by molar-refractivity contribution is 0.0467. The molecule has 0 aliphatic rings. The number of hydrogen-bond acceptors (Lipinski definition) is 4. The Hall–Kier alpha value is -2.30. The molecule has 0 aliphatic carbocycles. The van der Waals surface area contributed by atoms with Gasteiger partial charge in [-0.05, 0) is 30.7 Å². The highest BCUT2D eigenvalue weighted by Crippen LogP contribution is 2.14. The van der Waals surface area contributed by atoms with Gasteiger partial charge in [0.15, 0.2) is 0 Å². The number of aromatic nitrogens is 2. The molecule has 0 spiro atoms. The van der Waals surface area contributed by atoms with Gasteiger partial charge in [0.1, 0.15) is 6.61 Å². The number of hydrogen-bond donors (Lipinski definition) is 1. The summed E-state index contributed by atoms with van der Waals surface area (Å²) in [7, 11) is 1.81. The van der Waals surface area contributed by atoms with Crippen molar-refractivity contribution in [3.63, 3.8) is 0 Å². The van der Waals surface area contributed by atoms with Crippen LogP contribution in [-0.2, 0) is 18.4 Å². The Morgan fingerprint density at radius 2 is 2.22 bits per heavy atom. The summed E-state index contributed by atoms with van der Waals surface area (Å²) in [6.07, 6.45) is 1.80. The standard InChI is InChI=1S/C13H15N3O2/c1-9-3-4-10(7-12(9)14)13(17)18-8-11-5-6-16(2)15-11/h3-7H,8,14H2,1-2H3. The first-order chi connectivity index (χ1) is 8.56. The van der Waals surface area contributed by atoms with E-state index in [0.717, 1.165) is 5.56 Å². The molecule has 0 radical (unpaired) electrons. The molecule has 0 bridgehead atoms. The zero-order valence-corrected chi connectivity index (χ0v) is 10.4. The monoisotopic (exact) mass is 245 g/mol. The number of carbonyl (C=O) groups is 1. The average Bonchev–Trinajstić information content (AvgIpc) is 2.75. The van der Waals surface area contributed by atoms with E-state index in [1.807, 2.05) is 14.0 Å². The Balaban J connectivity index is 2.01. The van der Waals surface area contributed by atoms with Gasteiger partial charge in [-0.15, -0.1) is 0 Å². The van der Waals surface area contributed by atoms with Crippen molar-refractivity contribution in [1.82, 2.24) is 9.78 Å². The quantitative estimate of drug-likeness (QED) is 0.659. The summed E-state index contributed by atoms with van der Waals surface area (Å²) < 4.78 is 6.81. The molecule has 1 aromatic heterocycles. The molecule has 1 heterocycles. The molecule has 0 unspecified atom stereocenters. The molecule has 94 valence electrons. The second-order valence-electron chi connectivity index (χ2n) is 4.13. The maximum absolute atomic E-state index is 11.8. The fourth-order valence-electron chi connectivity index (χ4n) is 1.53. The number of anilines is 1. The van der Waals surface area contributed by atoms with Gasteiger partial charge in [-0.25, -0.2) is 4.79 Å². The summed E-state index contributed by atoms with van der Waals surface area (Å²) >= 11 is 0. The van der Waals surface area contributed by atoms with Gasteiger partial charge >= 0.3 is 5.97 Å². The van der Waals surface area contributed by atoms with E-state index >= 15 is 0 Å². The van der Waals surface area contributed by atoms with Crippen LogP contribution in [-0.4, -0.2) is 15.7 Å². The topological polar surface area (TPSA) is 70.1 Å². The Morgan fingerprint density at radius 3 is 2.83 bits per heavy atom. The lowest BCUT2D eigenvalue weighted by Gasteiger charge is -2.05. The summed E-state index contributed by atoms with van der Waals surface area (Å²) in [4.78, 5) is 11.8. The molecule has 0 saturated heterocycles. The minimum Gasteiger partial charge on any atom is -0.456 e. The van der Waals surface area contributed by atoms with Crippen LogP contribution in [0.25, 0.3) is 0 Å². The lowest BCUT2D eigenvalue weighted by atomic mass is 10.1. The van der Waals surface area contributed by atoms with E-state index < -0.39 is 5.97 Å². The largest absolute Gasteiger partial charge is 0.456 e. The van der Waals surface area contributed by atoms with E-state index in [2.05, 4.69) is 5.10 Å². The minimum atomic E-state index is -0.396. The number of rotatable bonds is 3. The third-order valence-electron chi connectivity index (χ3n) is 2.63. The van der Waals surface area contributed by atoms with E-state index in [1.54, 1.807) is 35.1 Å². The zero-order chi connectivity index (χ0) is 13.1. The summed E-state index contributed by atoms with van der Waals surface area (Å²) in [5.74, 6) is -0.396. The maximum atomic E-state index is 11.8. The number of nitrogen functional groups attached to an aromatic ring is 1. The van der Waals surface area contributed by atoms with Crippen LogP contribution in [0.15, 0.2) is 30.5 Å². The maximum Gasteiger partial charge on any atom is 0.338 e. The third-order valence-corrected chi connectivity index (χ3v) is 2.63. The Morgan fingerprint density at radius 1 is 1.44 bits per heavy atom. The van der Waals surface area contributed by atoms with E-state index in [4.69, 9.17) is 10.5 Å². The van der Waals surface area contributed by atoms with Gasteiger partial charge in [-0.3, -0.25) is 4.68 Å². The Kier molecular flexibility index (Phi) is 3.32. The van der Waals surface area contributed by atoms with Crippen LogP contribution in [0.2, 0.25) is 0 Å². The smallest absolute Gasteiger partial charge is 0.338 e. The van der Waals surface area contributed by atoms with Crippen molar-refractivity contribution in [3.8, 4) is 0 Å². The molecule has 18 heavy (non-hydrogen) atoms. The Labute approximate surface area is 105 Å². The van der Waals surface area contributed by atoms with E-state index in [1.165, 1.54) is 0 Å². The summed E-state index contributed by atoms with van der Waals surface area (Å²) in [5.41, 5.74) is 8.44. The molecule has 1 aromatic carbocycles. The summed E-state index contributed by atoms with van der Waals surface area (Å²) in [5, 5.41) is 4.12. The van der Waals surface area contributed by atoms with E-state index in [0.29, 0.717) is 16.9 Å². The van der Waals surface area contributed by atoms with Gasteiger partial charge in [-0.1, -0.05) is 6.07 Å². The summed E-state index contributed by atoms with van der Waals surface area (Å²) in [6.45, 7) is 2.05. The van der Waals surface area contributed by atoms with Gasteiger partial charge in [-0.2, -0.15) is 5.10 Å². The molecule has 0 saturated carbocycles. The zero-order valence-electron chi connectivity index (χ0n) is 10.4. The molecule has 2 aromatic rings. The molecule has 0 aliphatic heterocycles. The number of carbonyl (C=O) groups excluding carboxylic acids is 1. The SMILES string of the molecule is Cc1ccc(C(=O)OCc2ccn(C)n2)cc1N. The van der Waals surface area contributed by atoms with Crippen LogP contribution in [0, 0.1) is 6.92 Å². The molecule has 0 amide bonds. The van der Waals surface area contributed by atoms with Crippen molar-refractivity contribution >= 4 is 11.7 Å². The minimum absolute atomic E-state index is 0.160. The van der Waals surface area contributed by atoms with Gasteiger partial charge in [0.25, 0.3) is 0 Å². The number of nitrogens with zero attached hydrogens (tertiary/aromatic N) is 2. The van der Waals surface area contributed by atoms with Gasteiger partial charge < -0.3 is 10.5 Å². The van der Waals surface area contributed by atoms with Crippen LogP contribution in [0.5, 0.6) is 0 Å². The normalized spacial score (nSPS) is 10.3. The van der Waals surface area contributed by atoms with Crippen molar-refractivity contribution in [2.75, 3.05) is 5.73 Å². The number of aryl methyl sites for hydroxylation is 2. The lowest BCUT2D eigenvalue weighted by Crippen LogP contribution is -2.07. The molecule has 5 nitrogen and oxygen atoms in total. The molecular weight excluding hydrogens is 230 g/mol. The van der Waals surface area contributed by atoms with E-state index in [9.17, 15) is 4.79 Å². The number of nitrogens with two attached hydrogens (primary N) is 1. The second kappa shape index (κ2) is 4.91. The van der Waals surface area contributed by atoms with Gasteiger partial charge in [0, 0.05) is 18.9 Å². The number of ether oxygens (including phenoxy) is 1. The summed E-state index contributed by atoms with van der Waals surface area (Å²) in [6, 6.07) is 6.92. The Bertz CT molecular complexity index is 575. The first-order valence-corrected chi connectivity index (χ1v) is 5.58. The highest BCUT2D eigenvalue weighted by molar-refractivity contribution is 5.90. The molecule has 0 atom stereocenters. The second-order valence-corrected chi connectivity index (χ2v) is 4.13. The number of esters is 1. The molecule has 2 rings (SSSR count). The third kappa shape index (κ3) is 2.68. The van der Waals surface area contributed by atoms with Crippen molar-refractivity contribution in [2.45, 2.75) is 13.5 Å². The van der Waals surface area contributed by atoms with Crippen molar-refractivity contribution in [3.05, 3.63) is 47.3 Å². The molecule has 2 N–H and O–H groups in total. The fourth-order valence-corrected chi connectivity index (χ4v) is 1.53. The average molecular weight is 245 g/mol. The van der Waals surface area contributed by atoms with Crippen LogP contribution >= 0.6 is 0 Å².